The molecule has 0 bridgehead atoms. The molecule has 0 unspecified atom stereocenters. The molecular weight excluding hydrogens is 234 g/mol. The van der Waals surface area contributed by atoms with Crippen LogP contribution in [0.25, 0.3) is 0 Å². The Morgan fingerprint density at radius 2 is 2.00 bits per heavy atom. The number of thiazole rings is 1. The van der Waals surface area contributed by atoms with E-state index in [-0.39, 0.29) is 6.10 Å². The fourth-order valence-electron chi connectivity index (χ4n) is 1.36. The predicted octanol–water partition coefficient (Wildman–Crippen LogP) is 3.26. The summed E-state index contributed by atoms with van der Waals surface area (Å²) in [4.78, 5) is 4.13. The first-order valence-corrected chi connectivity index (χ1v) is 6.20. The van der Waals surface area contributed by atoms with Crippen molar-refractivity contribution in [2.45, 2.75) is 20.0 Å². The molecule has 1 aromatic carbocycles. The van der Waals surface area contributed by atoms with Crippen LogP contribution < -0.4 is 15.8 Å². The molecule has 0 spiro atoms. The van der Waals surface area contributed by atoms with Gasteiger partial charge in [-0.1, -0.05) is 11.3 Å². The van der Waals surface area contributed by atoms with Crippen LogP contribution in [0.15, 0.2) is 30.5 Å². The number of nitrogen functional groups attached to an aromatic ring is 1. The van der Waals surface area contributed by atoms with Crippen LogP contribution >= 0.6 is 11.3 Å². The fraction of sp³-hybridized carbons (Fsp3) is 0.250. The molecule has 0 atom stereocenters. The molecule has 0 aliphatic rings. The normalized spacial score (nSPS) is 10.5. The van der Waals surface area contributed by atoms with Gasteiger partial charge in [-0.2, -0.15) is 0 Å². The Bertz CT molecular complexity index is 479. The number of aromatic nitrogens is 1. The minimum Gasteiger partial charge on any atom is -0.491 e. The summed E-state index contributed by atoms with van der Waals surface area (Å²) in [6, 6.07) is 7.77. The summed E-state index contributed by atoms with van der Waals surface area (Å²) < 4.78 is 5.56. The van der Waals surface area contributed by atoms with Gasteiger partial charge in [-0.05, 0) is 38.1 Å². The van der Waals surface area contributed by atoms with Gasteiger partial charge in [0, 0.05) is 5.69 Å². The Labute approximate surface area is 104 Å². The Hall–Kier alpha value is -1.75. The van der Waals surface area contributed by atoms with E-state index in [0.717, 1.165) is 16.6 Å². The molecule has 3 N–H and O–H groups in total. The second kappa shape index (κ2) is 5.05. The summed E-state index contributed by atoms with van der Waals surface area (Å²) >= 11 is 1.42. The Morgan fingerprint density at radius 1 is 1.29 bits per heavy atom. The van der Waals surface area contributed by atoms with E-state index in [0.29, 0.717) is 5.00 Å². The molecule has 0 saturated heterocycles. The molecule has 1 heterocycles. The second-order valence-corrected chi connectivity index (χ2v) is 4.95. The second-order valence-electron chi connectivity index (χ2n) is 3.88. The molecule has 0 aliphatic heterocycles. The van der Waals surface area contributed by atoms with Crippen molar-refractivity contribution in [2.24, 2.45) is 0 Å². The third kappa shape index (κ3) is 3.35. The molecule has 17 heavy (non-hydrogen) atoms. The average Bonchev–Trinajstić information content (AvgIpc) is 2.66. The lowest BCUT2D eigenvalue weighted by atomic mass is 10.3. The van der Waals surface area contributed by atoms with Gasteiger partial charge in [0.1, 0.15) is 10.8 Å². The predicted molar refractivity (Wildman–Crippen MR) is 72.0 cm³/mol. The van der Waals surface area contributed by atoms with E-state index in [2.05, 4.69) is 10.3 Å². The molecule has 4 nitrogen and oxygen atoms in total. The molecule has 90 valence electrons. The first kappa shape index (κ1) is 11.7. The molecule has 5 heteroatoms. The maximum absolute atomic E-state index is 5.61. The summed E-state index contributed by atoms with van der Waals surface area (Å²) in [5.74, 6) is 0.865. The maximum atomic E-state index is 5.61. The van der Waals surface area contributed by atoms with E-state index < -0.39 is 0 Å². The summed E-state index contributed by atoms with van der Waals surface area (Å²) in [5, 5.41) is 4.67. The number of hydrogen-bond donors (Lipinski definition) is 2. The van der Waals surface area contributed by atoms with E-state index in [4.69, 9.17) is 10.5 Å². The van der Waals surface area contributed by atoms with E-state index in [1.54, 1.807) is 6.20 Å². The molecule has 0 saturated carbocycles. The van der Waals surface area contributed by atoms with E-state index >= 15 is 0 Å². The zero-order valence-corrected chi connectivity index (χ0v) is 10.6. The number of rotatable bonds is 4. The van der Waals surface area contributed by atoms with Gasteiger partial charge in [-0.15, -0.1) is 0 Å². The first-order chi connectivity index (χ1) is 8.13. The van der Waals surface area contributed by atoms with Gasteiger partial charge >= 0.3 is 0 Å². The maximum Gasteiger partial charge on any atom is 0.189 e. The fourth-order valence-corrected chi connectivity index (χ4v) is 1.96. The van der Waals surface area contributed by atoms with Crippen LogP contribution in [0.3, 0.4) is 0 Å². The van der Waals surface area contributed by atoms with E-state index in [1.165, 1.54) is 11.3 Å². The van der Waals surface area contributed by atoms with Gasteiger partial charge in [0.2, 0.25) is 0 Å². The molecule has 2 aromatic rings. The smallest absolute Gasteiger partial charge is 0.189 e. The van der Waals surface area contributed by atoms with Crippen LogP contribution in [0.1, 0.15) is 13.8 Å². The van der Waals surface area contributed by atoms with E-state index in [9.17, 15) is 0 Å². The van der Waals surface area contributed by atoms with Crippen molar-refractivity contribution >= 4 is 27.2 Å². The number of anilines is 3. The van der Waals surface area contributed by atoms with Crippen LogP contribution in [0.4, 0.5) is 15.8 Å². The largest absolute Gasteiger partial charge is 0.491 e. The van der Waals surface area contributed by atoms with E-state index in [1.807, 2.05) is 38.1 Å². The molecule has 1 aromatic heterocycles. The number of nitrogens with one attached hydrogen (secondary N) is 1. The van der Waals surface area contributed by atoms with Crippen molar-refractivity contribution in [1.82, 2.24) is 4.98 Å². The third-order valence-electron chi connectivity index (χ3n) is 2.00. The van der Waals surface area contributed by atoms with Crippen molar-refractivity contribution in [3.8, 4) is 5.75 Å². The van der Waals surface area contributed by atoms with Crippen molar-refractivity contribution in [3.05, 3.63) is 30.5 Å². The van der Waals surface area contributed by atoms with Gasteiger partial charge in [0.05, 0.1) is 12.3 Å². The van der Waals surface area contributed by atoms with Crippen LogP contribution in [0.5, 0.6) is 5.75 Å². The monoisotopic (exact) mass is 249 g/mol. The molecule has 0 radical (unpaired) electrons. The first-order valence-electron chi connectivity index (χ1n) is 5.38. The molecular formula is C12H15N3OS. The highest BCUT2D eigenvalue weighted by Crippen LogP contribution is 2.25. The van der Waals surface area contributed by atoms with Gasteiger partial charge in [-0.25, -0.2) is 4.98 Å². The zero-order chi connectivity index (χ0) is 12.3. The third-order valence-corrected chi connectivity index (χ3v) is 2.74. The summed E-state index contributed by atoms with van der Waals surface area (Å²) in [5.41, 5.74) is 6.58. The van der Waals surface area contributed by atoms with Gasteiger partial charge in [-0.3, -0.25) is 0 Å². The Morgan fingerprint density at radius 3 is 2.53 bits per heavy atom. The quantitative estimate of drug-likeness (QED) is 0.873. The van der Waals surface area contributed by atoms with Gasteiger partial charge in [0.25, 0.3) is 0 Å². The number of hydrogen-bond acceptors (Lipinski definition) is 5. The van der Waals surface area contributed by atoms with Crippen LogP contribution in [0, 0.1) is 0 Å². The molecule has 2 rings (SSSR count). The number of ether oxygens (including phenoxy) is 1. The van der Waals surface area contributed by atoms with Crippen molar-refractivity contribution in [2.75, 3.05) is 11.1 Å². The lowest BCUT2D eigenvalue weighted by molar-refractivity contribution is 0.242. The van der Waals surface area contributed by atoms with Crippen LogP contribution in [-0.4, -0.2) is 11.1 Å². The highest BCUT2D eigenvalue weighted by molar-refractivity contribution is 7.19. The highest BCUT2D eigenvalue weighted by atomic mass is 32.1. The van der Waals surface area contributed by atoms with Gasteiger partial charge < -0.3 is 15.8 Å². The molecule has 0 amide bonds. The van der Waals surface area contributed by atoms with Crippen LogP contribution in [-0.2, 0) is 0 Å². The molecule has 0 fully saturated rings. The summed E-state index contributed by atoms with van der Waals surface area (Å²) in [6.45, 7) is 4.01. The van der Waals surface area contributed by atoms with Crippen molar-refractivity contribution in [1.29, 1.82) is 0 Å². The average molecular weight is 249 g/mol. The number of nitrogens with two attached hydrogens (primary N) is 1. The number of benzene rings is 1. The molecule has 0 aliphatic carbocycles. The summed E-state index contributed by atoms with van der Waals surface area (Å²) in [7, 11) is 0. The standard InChI is InChI=1S/C12H15N3OS/c1-8(2)16-10-5-3-9(4-6-10)15-12-14-7-11(13)17-12/h3-8H,13H2,1-2H3,(H,14,15). The highest BCUT2D eigenvalue weighted by Gasteiger charge is 2.01. The lowest BCUT2D eigenvalue weighted by Crippen LogP contribution is -2.05. The number of nitrogens with zero attached hydrogens (tertiary/aromatic N) is 1. The zero-order valence-electron chi connectivity index (χ0n) is 9.81. The van der Waals surface area contributed by atoms with Crippen molar-refractivity contribution < 1.29 is 4.74 Å². The van der Waals surface area contributed by atoms with Crippen LogP contribution in [0.2, 0.25) is 0 Å². The Balaban J connectivity index is 2.03. The Kier molecular flexibility index (Phi) is 3.49. The SMILES string of the molecule is CC(C)Oc1ccc(Nc2ncc(N)s2)cc1. The summed E-state index contributed by atoms with van der Waals surface area (Å²) in [6.07, 6.45) is 1.83. The van der Waals surface area contributed by atoms with Gasteiger partial charge in [0.15, 0.2) is 5.13 Å². The minimum atomic E-state index is 0.188. The lowest BCUT2D eigenvalue weighted by Gasteiger charge is -2.10. The minimum absolute atomic E-state index is 0.188. The topological polar surface area (TPSA) is 60.2 Å². The van der Waals surface area contributed by atoms with Crippen molar-refractivity contribution in [3.63, 3.8) is 0 Å².